The van der Waals surface area contributed by atoms with Crippen molar-refractivity contribution in [1.82, 2.24) is 0 Å². The second-order valence-corrected chi connectivity index (χ2v) is 6.06. The molecule has 20 heavy (non-hydrogen) atoms. The van der Waals surface area contributed by atoms with Gasteiger partial charge in [0, 0.05) is 21.6 Å². The summed E-state index contributed by atoms with van der Waals surface area (Å²) in [5, 5.41) is 0. The third-order valence-corrected chi connectivity index (χ3v) is 4.48. The molecule has 1 aromatic rings. The van der Waals surface area contributed by atoms with Gasteiger partial charge in [0.2, 0.25) is 0 Å². The number of halogens is 4. The highest BCUT2D eigenvalue weighted by Gasteiger charge is 2.43. The summed E-state index contributed by atoms with van der Waals surface area (Å²) < 4.78 is 38.9. The summed E-state index contributed by atoms with van der Waals surface area (Å²) in [5.74, 6) is -2.13. The van der Waals surface area contributed by atoms with Gasteiger partial charge in [-0.25, -0.2) is 0 Å². The van der Waals surface area contributed by atoms with Crippen molar-refractivity contribution in [3.05, 3.63) is 28.2 Å². The van der Waals surface area contributed by atoms with Crippen LogP contribution in [-0.4, -0.2) is 12.0 Å². The van der Waals surface area contributed by atoms with Crippen molar-refractivity contribution in [1.29, 1.82) is 0 Å². The molecule has 2 rings (SSSR count). The number of carbonyl (C=O) groups excluding carboxylic acids is 1. The number of Topliss-reactive ketones (excluding diaryl/α,β-unsaturated/α-hetero) is 1. The molecule has 0 aromatic heterocycles. The fourth-order valence-electron chi connectivity index (χ4n) is 2.64. The fraction of sp³-hybridized carbons (Fsp3) is 0.500. The summed E-state index contributed by atoms with van der Waals surface area (Å²) in [5.41, 5.74) is 6.55. The van der Waals surface area contributed by atoms with Crippen molar-refractivity contribution in [3.8, 4) is 0 Å². The molecule has 0 aliphatic heterocycles. The van der Waals surface area contributed by atoms with Crippen LogP contribution >= 0.6 is 15.9 Å². The Kier molecular flexibility index (Phi) is 4.42. The summed E-state index contributed by atoms with van der Waals surface area (Å²) in [4.78, 5) is 12.3. The molecule has 1 saturated carbocycles. The van der Waals surface area contributed by atoms with Crippen molar-refractivity contribution in [2.75, 3.05) is 5.73 Å². The first-order chi connectivity index (χ1) is 9.29. The average Bonchev–Trinajstić information content (AvgIpc) is 2.40. The lowest BCUT2D eigenvalue weighted by molar-refractivity contribution is -0.184. The molecule has 2 N–H and O–H groups in total. The van der Waals surface area contributed by atoms with Crippen LogP contribution in [0.1, 0.15) is 36.0 Å². The van der Waals surface area contributed by atoms with Gasteiger partial charge in [0.1, 0.15) is 0 Å². The molecule has 1 aliphatic rings. The van der Waals surface area contributed by atoms with Crippen molar-refractivity contribution in [2.24, 2.45) is 11.8 Å². The van der Waals surface area contributed by atoms with E-state index in [9.17, 15) is 18.0 Å². The summed E-state index contributed by atoms with van der Waals surface area (Å²) in [6, 6.07) is 4.73. The van der Waals surface area contributed by atoms with E-state index in [1.54, 1.807) is 18.2 Å². The van der Waals surface area contributed by atoms with Crippen LogP contribution in [0.3, 0.4) is 0 Å². The number of ketones is 1. The van der Waals surface area contributed by atoms with Gasteiger partial charge in [-0.05, 0) is 53.4 Å². The summed E-state index contributed by atoms with van der Waals surface area (Å²) in [6.45, 7) is 0. The smallest absolute Gasteiger partial charge is 0.391 e. The fourth-order valence-corrected chi connectivity index (χ4v) is 3.02. The molecule has 0 bridgehead atoms. The molecule has 1 fully saturated rings. The third-order valence-electron chi connectivity index (χ3n) is 3.79. The van der Waals surface area contributed by atoms with Gasteiger partial charge in [-0.2, -0.15) is 13.2 Å². The number of nitrogens with two attached hydrogens (primary N) is 1. The molecule has 0 radical (unpaired) electrons. The van der Waals surface area contributed by atoms with Crippen LogP contribution in [0.4, 0.5) is 18.9 Å². The molecule has 6 heteroatoms. The van der Waals surface area contributed by atoms with E-state index in [4.69, 9.17) is 5.73 Å². The van der Waals surface area contributed by atoms with Gasteiger partial charge in [-0.3, -0.25) is 4.79 Å². The van der Waals surface area contributed by atoms with Gasteiger partial charge >= 0.3 is 6.18 Å². The molecule has 0 heterocycles. The van der Waals surface area contributed by atoms with Crippen molar-refractivity contribution >= 4 is 27.4 Å². The summed E-state index contributed by atoms with van der Waals surface area (Å²) in [6.07, 6.45) is -3.23. The largest absolute Gasteiger partial charge is 0.398 e. The standard InChI is InChI=1S/C14H15BrF3NO/c15-11-7-9(4-5-12(11)19)13(20)8-2-1-3-10(6-8)14(16,17)18/h4-5,7-8,10H,1-3,6,19H2. The zero-order valence-corrected chi connectivity index (χ0v) is 12.3. The second kappa shape index (κ2) is 5.76. The van der Waals surface area contributed by atoms with Crippen molar-refractivity contribution < 1.29 is 18.0 Å². The number of hydrogen-bond acceptors (Lipinski definition) is 2. The topological polar surface area (TPSA) is 43.1 Å². The van der Waals surface area contributed by atoms with Crippen LogP contribution in [0.5, 0.6) is 0 Å². The highest BCUT2D eigenvalue weighted by Crippen LogP contribution is 2.41. The minimum absolute atomic E-state index is 0.107. The number of benzene rings is 1. The van der Waals surface area contributed by atoms with Crippen LogP contribution in [0.25, 0.3) is 0 Å². The van der Waals surface area contributed by atoms with Gasteiger partial charge in [0.25, 0.3) is 0 Å². The number of anilines is 1. The van der Waals surface area contributed by atoms with Crippen LogP contribution in [-0.2, 0) is 0 Å². The van der Waals surface area contributed by atoms with Crippen molar-refractivity contribution in [3.63, 3.8) is 0 Å². The Labute approximate surface area is 123 Å². The first-order valence-electron chi connectivity index (χ1n) is 6.45. The highest BCUT2D eigenvalue weighted by atomic mass is 79.9. The first kappa shape index (κ1) is 15.4. The quantitative estimate of drug-likeness (QED) is 0.627. The lowest BCUT2D eigenvalue weighted by Crippen LogP contribution is -2.31. The van der Waals surface area contributed by atoms with Crippen molar-refractivity contribution in [2.45, 2.75) is 31.9 Å². The maximum atomic E-state index is 12.8. The second-order valence-electron chi connectivity index (χ2n) is 5.20. The minimum atomic E-state index is -4.21. The lowest BCUT2D eigenvalue weighted by Gasteiger charge is -2.29. The highest BCUT2D eigenvalue weighted by molar-refractivity contribution is 9.10. The van der Waals surface area contributed by atoms with E-state index in [1.807, 2.05) is 0 Å². The van der Waals surface area contributed by atoms with E-state index in [-0.39, 0.29) is 18.6 Å². The Morgan fingerprint density at radius 1 is 1.30 bits per heavy atom. The summed E-state index contributed by atoms with van der Waals surface area (Å²) >= 11 is 3.22. The molecule has 2 unspecified atom stereocenters. The molecule has 0 amide bonds. The normalized spacial score (nSPS) is 23.6. The number of rotatable bonds is 2. The van der Waals surface area contributed by atoms with Crippen LogP contribution in [0.15, 0.2) is 22.7 Å². The Bertz CT molecular complexity index is 516. The van der Waals surface area contributed by atoms with Crippen LogP contribution in [0, 0.1) is 11.8 Å². The monoisotopic (exact) mass is 349 g/mol. The lowest BCUT2D eigenvalue weighted by atomic mass is 9.77. The molecule has 1 aliphatic carbocycles. The van der Waals surface area contributed by atoms with E-state index in [1.165, 1.54) is 0 Å². The molecule has 2 nitrogen and oxygen atoms in total. The Morgan fingerprint density at radius 3 is 2.60 bits per heavy atom. The molecular weight excluding hydrogens is 335 g/mol. The van der Waals surface area contributed by atoms with Gasteiger partial charge < -0.3 is 5.73 Å². The molecular formula is C14H15BrF3NO. The zero-order valence-electron chi connectivity index (χ0n) is 10.7. The maximum absolute atomic E-state index is 12.8. The minimum Gasteiger partial charge on any atom is -0.398 e. The average molecular weight is 350 g/mol. The first-order valence-corrected chi connectivity index (χ1v) is 7.24. The number of carbonyl (C=O) groups is 1. The molecule has 0 spiro atoms. The molecule has 2 atom stereocenters. The van der Waals surface area contributed by atoms with Gasteiger partial charge in [-0.1, -0.05) is 6.42 Å². The van der Waals surface area contributed by atoms with Gasteiger partial charge in [-0.15, -0.1) is 0 Å². The Balaban J connectivity index is 2.14. The maximum Gasteiger partial charge on any atom is 0.391 e. The van der Waals surface area contributed by atoms with E-state index in [0.29, 0.717) is 28.6 Å². The van der Waals surface area contributed by atoms with Crippen LogP contribution in [0.2, 0.25) is 0 Å². The molecule has 0 saturated heterocycles. The third kappa shape index (κ3) is 3.34. The van der Waals surface area contributed by atoms with E-state index in [0.717, 1.165) is 0 Å². The number of alkyl halides is 3. The predicted molar refractivity (Wildman–Crippen MR) is 74.4 cm³/mol. The number of nitrogen functional groups attached to an aromatic ring is 1. The number of hydrogen-bond donors (Lipinski definition) is 1. The Hall–Kier alpha value is -1.04. The van der Waals surface area contributed by atoms with Gasteiger partial charge in [0.05, 0.1) is 5.92 Å². The molecule has 1 aromatic carbocycles. The van der Waals surface area contributed by atoms with E-state index >= 15 is 0 Å². The zero-order chi connectivity index (χ0) is 14.9. The predicted octanol–water partition coefficient (Wildman–Crippen LogP) is 4.58. The Morgan fingerprint density at radius 2 is 2.00 bits per heavy atom. The van der Waals surface area contributed by atoms with E-state index in [2.05, 4.69) is 15.9 Å². The van der Waals surface area contributed by atoms with Crippen LogP contribution < -0.4 is 5.73 Å². The van der Waals surface area contributed by atoms with Gasteiger partial charge in [0.15, 0.2) is 5.78 Å². The van der Waals surface area contributed by atoms with E-state index < -0.39 is 18.0 Å². The molecule has 110 valence electrons. The summed E-state index contributed by atoms with van der Waals surface area (Å²) in [7, 11) is 0. The SMILES string of the molecule is Nc1ccc(C(=O)C2CCCC(C(F)(F)F)C2)cc1Br.